The summed E-state index contributed by atoms with van der Waals surface area (Å²) in [5.41, 5.74) is 0.565. The van der Waals surface area contributed by atoms with Gasteiger partial charge in [0.15, 0.2) is 11.6 Å². The first-order valence-corrected chi connectivity index (χ1v) is 6.44. The highest BCUT2D eigenvalue weighted by Crippen LogP contribution is 2.11. The zero-order chi connectivity index (χ0) is 12.7. The number of ketones is 2. The van der Waals surface area contributed by atoms with Crippen LogP contribution < -0.4 is 0 Å². The van der Waals surface area contributed by atoms with E-state index in [4.69, 9.17) is 9.47 Å². The summed E-state index contributed by atoms with van der Waals surface area (Å²) in [7, 11) is 0. The molecular formula is C12H16O4S. The molecule has 0 bridgehead atoms. The number of carbonyl (C=O) groups excluding carboxylic acids is 2. The third kappa shape index (κ3) is 4.38. The van der Waals surface area contributed by atoms with E-state index in [9.17, 15) is 9.59 Å². The Hall–Kier alpha value is -1.04. The second-order valence-electron chi connectivity index (χ2n) is 3.32. The molecule has 1 rings (SSSR count). The Morgan fingerprint density at radius 2 is 1.94 bits per heavy atom. The van der Waals surface area contributed by atoms with Crippen molar-refractivity contribution in [3.8, 4) is 0 Å². The number of rotatable bonds is 8. The molecule has 5 heteroatoms. The van der Waals surface area contributed by atoms with Crippen molar-refractivity contribution in [1.82, 2.24) is 0 Å². The molecule has 0 aromatic carbocycles. The summed E-state index contributed by atoms with van der Waals surface area (Å²) >= 11 is 1.43. The van der Waals surface area contributed by atoms with Crippen molar-refractivity contribution in [3.05, 3.63) is 22.4 Å². The smallest absolute Gasteiger partial charge is 0.218 e. The molecule has 0 radical (unpaired) electrons. The number of thiophene rings is 1. The Balaban J connectivity index is 2.54. The number of ether oxygens (including phenoxy) is 2. The van der Waals surface area contributed by atoms with Crippen LogP contribution in [-0.2, 0) is 14.3 Å². The minimum atomic E-state index is -0.924. The Labute approximate surface area is 105 Å². The molecule has 0 spiro atoms. The molecule has 0 saturated heterocycles. The van der Waals surface area contributed by atoms with Gasteiger partial charge in [0.25, 0.3) is 0 Å². The van der Waals surface area contributed by atoms with Gasteiger partial charge in [-0.1, -0.05) is 0 Å². The fraction of sp³-hybridized carbons (Fsp3) is 0.500. The normalized spacial score (nSPS) is 10.8. The second kappa shape index (κ2) is 7.32. The van der Waals surface area contributed by atoms with E-state index in [0.717, 1.165) is 0 Å². The van der Waals surface area contributed by atoms with Gasteiger partial charge in [0.2, 0.25) is 6.29 Å². The highest BCUT2D eigenvalue weighted by Gasteiger charge is 2.22. The van der Waals surface area contributed by atoms with E-state index in [0.29, 0.717) is 18.8 Å². The summed E-state index contributed by atoms with van der Waals surface area (Å²) in [6.45, 7) is 4.31. The van der Waals surface area contributed by atoms with Crippen LogP contribution in [-0.4, -0.2) is 31.1 Å². The van der Waals surface area contributed by atoms with Crippen LogP contribution in [0.4, 0.5) is 0 Å². The predicted octanol–water partition coefficient (Wildman–Crippen LogP) is 2.29. The van der Waals surface area contributed by atoms with Gasteiger partial charge in [-0.05, 0) is 25.3 Å². The van der Waals surface area contributed by atoms with Crippen molar-refractivity contribution in [2.45, 2.75) is 26.6 Å². The van der Waals surface area contributed by atoms with E-state index >= 15 is 0 Å². The van der Waals surface area contributed by atoms with E-state index in [1.54, 1.807) is 30.7 Å². The second-order valence-corrected chi connectivity index (χ2v) is 4.10. The van der Waals surface area contributed by atoms with Crippen LogP contribution in [0.15, 0.2) is 16.8 Å². The van der Waals surface area contributed by atoms with Crippen molar-refractivity contribution in [3.63, 3.8) is 0 Å². The lowest BCUT2D eigenvalue weighted by atomic mass is 10.1. The van der Waals surface area contributed by atoms with Gasteiger partial charge in [0.1, 0.15) is 0 Å². The van der Waals surface area contributed by atoms with E-state index in [1.165, 1.54) is 11.3 Å². The molecule has 0 N–H and O–H groups in total. The average Bonchev–Trinajstić information content (AvgIpc) is 2.82. The summed E-state index contributed by atoms with van der Waals surface area (Å²) in [6, 6.07) is 1.71. The molecule has 0 amide bonds. The Morgan fingerprint density at radius 1 is 1.29 bits per heavy atom. The van der Waals surface area contributed by atoms with Crippen LogP contribution in [0.5, 0.6) is 0 Å². The molecule has 1 aromatic heterocycles. The number of hydrogen-bond acceptors (Lipinski definition) is 5. The maximum Gasteiger partial charge on any atom is 0.218 e. The summed E-state index contributed by atoms with van der Waals surface area (Å²) in [4.78, 5) is 23.5. The first-order chi connectivity index (χ1) is 8.19. The van der Waals surface area contributed by atoms with Crippen molar-refractivity contribution < 1.29 is 19.1 Å². The lowest BCUT2D eigenvalue weighted by molar-refractivity contribution is -0.166. The minimum absolute atomic E-state index is 0.179. The molecular weight excluding hydrogens is 240 g/mol. The van der Waals surface area contributed by atoms with Gasteiger partial charge >= 0.3 is 0 Å². The largest absolute Gasteiger partial charge is 0.346 e. The predicted molar refractivity (Wildman–Crippen MR) is 65.3 cm³/mol. The van der Waals surface area contributed by atoms with Gasteiger partial charge in [0.05, 0.1) is 6.42 Å². The number of hydrogen-bond donors (Lipinski definition) is 0. The lowest BCUT2D eigenvalue weighted by Gasteiger charge is -2.14. The van der Waals surface area contributed by atoms with E-state index in [1.807, 2.05) is 0 Å². The maximum absolute atomic E-state index is 11.8. The molecule has 0 atom stereocenters. The van der Waals surface area contributed by atoms with Gasteiger partial charge in [-0.2, -0.15) is 11.3 Å². The fourth-order valence-corrected chi connectivity index (χ4v) is 1.96. The lowest BCUT2D eigenvalue weighted by Crippen LogP contribution is -2.29. The van der Waals surface area contributed by atoms with E-state index < -0.39 is 6.29 Å². The molecule has 94 valence electrons. The van der Waals surface area contributed by atoms with Crippen molar-refractivity contribution >= 4 is 22.9 Å². The SMILES string of the molecule is CCOC(OCC)C(=O)CC(=O)c1ccsc1. The maximum atomic E-state index is 11.8. The Morgan fingerprint density at radius 3 is 2.41 bits per heavy atom. The van der Waals surface area contributed by atoms with Crippen LogP contribution in [0.2, 0.25) is 0 Å². The zero-order valence-corrected chi connectivity index (χ0v) is 10.8. The first-order valence-electron chi connectivity index (χ1n) is 5.50. The van der Waals surface area contributed by atoms with Gasteiger partial charge in [-0.3, -0.25) is 9.59 Å². The molecule has 0 unspecified atom stereocenters. The molecule has 17 heavy (non-hydrogen) atoms. The van der Waals surface area contributed by atoms with Crippen molar-refractivity contribution in [2.24, 2.45) is 0 Å². The summed E-state index contributed by atoms with van der Waals surface area (Å²) in [5.74, 6) is -0.523. The molecule has 0 aliphatic rings. The summed E-state index contributed by atoms with van der Waals surface area (Å²) in [5, 5.41) is 3.53. The molecule has 0 aliphatic carbocycles. The highest BCUT2D eigenvalue weighted by molar-refractivity contribution is 7.08. The Kier molecular flexibility index (Phi) is 6.04. The first kappa shape index (κ1) is 14.0. The van der Waals surface area contributed by atoms with Crippen molar-refractivity contribution in [2.75, 3.05) is 13.2 Å². The molecule has 0 aliphatic heterocycles. The summed E-state index contributed by atoms with van der Waals surface area (Å²) in [6.07, 6.45) is -1.10. The van der Waals surface area contributed by atoms with Gasteiger partial charge in [-0.25, -0.2) is 0 Å². The van der Waals surface area contributed by atoms with Gasteiger partial charge in [0, 0.05) is 24.2 Å². The van der Waals surface area contributed by atoms with Gasteiger partial charge < -0.3 is 9.47 Å². The van der Waals surface area contributed by atoms with Crippen LogP contribution in [0, 0.1) is 0 Å². The molecule has 1 aromatic rings. The molecule has 4 nitrogen and oxygen atoms in total. The topological polar surface area (TPSA) is 52.6 Å². The molecule has 0 fully saturated rings. The third-order valence-electron chi connectivity index (χ3n) is 2.08. The third-order valence-corrected chi connectivity index (χ3v) is 2.76. The molecule has 1 heterocycles. The van der Waals surface area contributed by atoms with Crippen LogP contribution in [0.1, 0.15) is 30.6 Å². The zero-order valence-electron chi connectivity index (χ0n) is 9.97. The van der Waals surface area contributed by atoms with Crippen LogP contribution in [0.25, 0.3) is 0 Å². The van der Waals surface area contributed by atoms with Crippen LogP contribution in [0.3, 0.4) is 0 Å². The summed E-state index contributed by atoms with van der Waals surface area (Å²) < 4.78 is 10.3. The Bertz CT molecular complexity index is 353. The van der Waals surface area contributed by atoms with Gasteiger partial charge in [-0.15, -0.1) is 0 Å². The monoisotopic (exact) mass is 256 g/mol. The average molecular weight is 256 g/mol. The van der Waals surface area contributed by atoms with E-state index in [-0.39, 0.29) is 18.0 Å². The van der Waals surface area contributed by atoms with Crippen LogP contribution >= 0.6 is 11.3 Å². The number of Topliss-reactive ketones (excluding diaryl/α,β-unsaturated/α-hetero) is 2. The number of carbonyl (C=O) groups is 2. The standard InChI is InChI=1S/C12H16O4S/c1-3-15-12(16-4-2)11(14)7-10(13)9-5-6-17-8-9/h5-6,8,12H,3-4,7H2,1-2H3. The van der Waals surface area contributed by atoms with Crippen molar-refractivity contribution in [1.29, 1.82) is 0 Å². The highest BCUT2D eigenvalue weighted by atomic mass is 32.1. The molecule has 0 saturated carbocycles. The fourth-order valence-electron chi connectivity index (χ4n) is 1.30. The quantitative estimate of drug-likeness (QED) is 0.407. The minimum Gasteiger partial charge on any atom is -0.346 e. The van der Waals surface area contributed by atoms with E-state index in [2.05, 4.69) is 0 Å².